The highest BCUT2D eigenvalue weighted by atomic mass is 16.2. The van der Waals surface area contributed by atoms with Crippen molar-refractivity contribution in [3.8, 4) is 11.3 Å². The van der Waals surface area contributed by atoms with Crippen molar-refractivity contribution in [1.82, 2.24) is 19.7 Å². The molecule has 2 aromatic carbocycles. The number of fused-ring (bicyclic) bond motifs is 1. The van der Waals surface area contributed by atoms with E-state index in [1.165, 1.54) is 5.56 Å². The largest absolute Gasteiger partial charge is 0.335 e. The van der Waals surface area contributed by atoms with Crippen molar-refractivity contribution in [2.24, 2.45) is 0 Å². The molecule has 0 fully saturated rings. The van der Waals surface area contributed by atoms with Gasteiger partial charge in [-0.05, 0) is 25.0 Å². The first kappa shape index (κ1) is 20.5. The highest BCUT2D eigenvalue weighted by Crippen LogP contribution is 2.26. The number of hydrogen-bond donors (Lipinski definition) is 0. The molecule has 2 heterocycles. The van der Waals surface area contributed by atoms with Crippen LogP contribution in [0.3, 0.4) is 0 Å². The molecule has 0 aliphatic heterocycles. The van der Waals surface area contributed by atoms with Gasteiger partial charge in [-0.3, -0.25) is 4.79 Å². The second-order valence-corrected chi connectivity index (χ2v) is 7.39. The Balaban J connectivity index is 1.74. The summed E-state index contributed by atoms with van der Waals surface area (Å²) in [6.07, 6.45) is 4.31. The van der Waals surface area contributed by atoms with Crippen molar-refractivity contribution in [1.29, 1.82) is 0 Å². The van der Waals surface area contributed by atoms with Gasteiger partial charge >= 0.3 is 0 Å². The summed E-state index contributed by atoms with van der Waals surface area (Å²) in [7, 11) is 0. The highest BCUT2D eigenvalue weighted by Gasteiger charge is 2.21. The monoisotopic (exact) mass is 410 g/mol. The second-order valence-electron chi connectivity index (χ2n) is 7.39. The molecule has 2 aromatic heterocycles. The van der Waals surface area contributed by atoms with Gasteiger partial charge in [-0.15, -0.1) is 6.58 Å². The minimum atomic E-state index is -0.0314. The fraction of sp³-hybridized carbons (Fsp3) is 0.192. The summed E-state index contributed by atoms with van der Waals surface area (Å²) in [4.78, 5) is 20.3. The third kappa shape index (κ3) is 4.40. The zero-order valence-corrected chi connectivity index (χ0v) is 17.7. The van der Waals surface area contributed by atoms with Gasteiger partial charge in [0, 0.05) is 25.2 Å². The molecule has 0 spiro atoms. The summed E-state index contributed by atoms with van der Waals surface area (Å²) in [6, 6.07) is 22.0. The summed E-state index contributed by atoms with van der Waals surface area (Å²) < 4.78 is 1.83. The summed E-state index contributed by atoms with van der Waals surface area (Å²) in [5.41, 5.74) is 4.30. The van der Waals surface area contributed by atoms with E-state index in [4.69, 9.17) is 4.98 Å². The molecule has 156 valence electrons. The number of benzene rings is 2. The summed E-state index contributed by atoms with van der Waals surface area (Å²) >= 11 is 0. The zero-order chi connectivity index (χ0) is 21.6. The Labute approximate surface area is 182 Å². The normalized spacial score (nSPS) is 10.9. The van der Waals surface area contributed by atoms with Crippen LogP contribution in [0.1, 0.15) is 22.8 Å². The molecule has 0 aliphatic carbocycles. The lowest BCUT2D eigenvalue weighted by atomic mass is 10.1. The predicted octanol–water partition coefficient (Wildman–Crippen LogP) is 4.99. The molecule has 4 rings (SSSR count). The van der Waals surface area contributed by atoms with Crippen molar-refractivity contribution < 1.29 is 4.79 Å². The van der Waals surface area contributed by atoms with Gasteiger partial charge in [-0.1, -0.05) is 66.7 Å². The maximum atomic E-state index is 13.7. The van der Waals surface area contributed by atoms with Crippen LogP contribution in [0.15, 0.2) is 85.6 Å². The van der Waals surface area contributed by atoms with E-state index in [2.05, 4.69) is 23.8 Å². The van der Waals surface area contributed by atoms with Crippen LogP contribution in [-0.2, 0) is 13.0 Å². The Morgan fingerprint density at radius 2 is 1.81 bits per heavy atom. The molecule has 0 saturated carbocycles. The molecule has 0 bridgehead atoms. The Bertz CT molecular complexity index is 1180. The summed E-state index contributed by atoms with van der Waals surface area (Å²) in [5, 5.41) is 5.23. The fourth-order valence-corrected chi connectivity index (χ4v) is 3.72. The van der Waals surface area contributed by atoms with E-state index in [1.54, 1.807) is 12.3 Å². The first-order valence-corrected chi connectivity index (χ1v) is 10.6. The Kier molecular flexibility index (Phi) is 6.22. The average molecular weight is 411 g/mol. The topological polar surface area (TPSA) is 51.0 Å². The molecule has 0 atom stereocenters. The molecular formula is C26H26N4O. The minimum absolute atomic E-state index is 0.0314. The molecular weight excluding hydrogens is 384 g/mol. The van der Waals surface area contributed by atoms with Crippen molar-refractivity contribution in [3.05, 3.63) is 96.7 Å². The molecule has 0 saturated heterocycles. The van der Waals surface area contributed by atoms with E-state index < -0.39 is 0 Å². The predicted molar refractivity (Wildman–Crippen MR) is 125 cm³/mol. The van der Waals surface area contributed by atoms with Crippen molar-refractivity contribution in [2.75, 3.05) is 13.1 Å². The molecule has 5 heteroatoms. The number of carbonyl (C=O) groups excluding carboxylic acids is 1. The summed E-state index contributed by atoms with van der Waals surface area (Å²) in [5.74, 6) is -0.0314. The number of pyridine rings is 1. The van der Waals surface area contributed by atoms with Gasteiger partial charge in [-0.25, -0.2) is 9.67 Å². The number of hydrogen-bond acceptors (Lipinski definition) is 3. The first-order chi connectivity index (χ1) is 15.2. The molecule has 31 heavy (non-hydrogen) atoms. The molecule has 0 aliphatic rings. The van der Waals surface area contributed by atoms with Crippen LogP contribution in [0, 0.1) is 0 Å². The SMILES string of the molecule is C=CCN(CCc1ccccc1)C(=O)c1cc(-c2ccccc2)nc2c1cnn2CC. The Morgan fingerprint density at radius 3 is 2.48 bits per heavy atom. The van der Waals surface area contributed by atoms with Gasteiger partial charge in [0.2, 0.25) is 0 Å². The quantitative estimate of drug-likeness (QED) is 0.385. The van der Waals surface area contributed by atoms with Crippen molar-refractivity contribution in [2.45, 2.75) is 19.9 Å². The van der Waals surface area contributed by atoms with Crippen molar-refractivity contribution >= 4 is 16.9 Å². The van der Waals surface area contributed by atoms with Gasteiger partial charge < -0.3 is 4.90 Å². The maximum absolute atomic E-state index is 13.7. The van der Waals surface area contributed by atoms with E-state index >= 15 is 0 Å². The van der Waals surface area contributed by atoms with E-state index in [-0.39, 0.29) is 5.91 Å². The van der Waals surface area contributed by atoms with E-state index in [0.29, 0.717) is 25.2 Å². The van der Waals surface area contributed by atoms with Crippen LogP contribution in [0.5, 0.6) is 0 Å². The Morgan fingerprint density at radius 1 is 1.10 bits per heavy atom. The first-order valence-electron chi connectivity index (χ1n) is 10.6. The van der Waals surface area contributed by atoms with Gasteiger partial charge in [-0.2, -0.15) is 5.10 Å². The van der Waals surface area contributed by atoms with Gasteiger partial charge in [0.05, 0.1) is 22.8 Å². The van der Waals surface area contributed by atoms with Gasteiger partial charge in [0.1, 0.15) is 0 Å². The fourth-order valence-electron chi connectivity index (χ4n) is 3.72. The van der Waals surface area contributed by atoms with Gasteiger partial charge in [0.25, 0.3) is 5.91 Å². The van der Waals surface area contributed by atoms with Crippen LogP contribution < -0.4 is 0 Å². The lowest BCUT2D eigenvalue weighted by Crippen LogP contribution is -2.33. The minimum Gasteiger partial charge on any atom is -0.335 e. The number of amides is 1. The average Bonchev–Trinajstić information content (AvgIpc) is 3.25. The summed E-state index contributed by atoms with van der Waals surface area (Å²) in [6.45, 7) is 7.66. The molecule has 0 unspecified atom stereocenters. The standard InChI is InChI=1S/C26H26N4O/c1-3-16-29(17-15-20-11-7-5-8-12-20)26(31)22-18-24(21-13-9-6-10-14-21)28-25-23(22)19-27-30(25)4-2/h3,5-14,18-19H,1,4,15-17H2,2H3. The number of carbonyl (C=O) groups is 1. The Hall–Kier alpha value is -3.73. The number of aryl methyl sites for hydroxylation is 1. The maximum Gasteiger partial charge on any atom is 0.255 e. The zero-order valence-electron chi connectivity index (χ0n) is 17.7. The molecule has 0 N–H and O–H groups in total. The second kappa shape index (κ2) is 9.39. The van der Waals surface area contributed by atoms with E-state index in [9.17, 15) is 4.79 Å². The van der Waals surface area contributed by atoms with Gasteiger partial charge in [0.15, 0.2) is 5.65 Å². The van der Waals surface area contributed by atoms with Crippen LogP contribution in [-0.4, -0.2) is 38.7 Å². The van der Waals surface area contributed by atoms with Crippen LogP contribution >= 0.6 is 0 Å². The third-order valence-corrected chi connectivity index (χ3v) is 5.36. The number of nitrogens with zero attached hydrogens (tertiary/aromatic N) is 4. The number of rotatable bonds is 8. The lowest BCUT2D eigenvalue weighted by Gasteiger charge is -2.22. The van der Waals surface area contributed by atoms with Crippen molar-refractivity contribution in [3.63, 3.8) is 0 Å². The smallest absolute Gasteiger partial charge is 0.255 e. The molecule has 4 aromatic rings. The van der Waals surface area contributed by atoms with E-state index in [1.807, 2.05) is 71.1 Å². The molecule has 0 radical (unpaired) electrons. The number of aromatic nitrogens is 3. The van der Waals surface area contributed by atoms with Crippen LogP contribution in [0.2, 0.25) is 0 Å². The molecule has 1 amide bonds. The van der Waals surface area contributed by atoms with Crippen LogP contribution in [0.25, 0.3) is 22.3 Å². The highest BCUT2D eigenvalue weighted by molar-refractivity contribution is 6.06. The third-order valence-electron chi connectivity index (χ3n) is 5.36. The van der Waals surface area contributed by atoms with Crippen LogP contribution in [0.4, 0.5) is 0 Å². The molecule has 5 nitrogen and oxygen atoms in total. The lowest BCUT2D eigenvalue weighted by molar-refractivity contribution is 0.0777. The van der Waals surface area contributed by atoms with E-state index in [0.717, 1.165) is 28.7 Å².